The lowest BCUT2D eigenvalue weighted by atomic mass is 10.1. The van der Waals surface area contributed by atoms with Gasteiger partial charge in [0.2, 0.25) is 11.8 Å². The van der Waals surface area contributed by atoms with Crippen LogP contribution in [0.15, 0.2) is 24.3 Å². The number of nitrogens with zero attached hydrogens (tertiary/aromatic N) is 2. The predicted molar refractivity (Wildman–Crippen MR) is 86.4 cm³/mol. The van der Waals surface area contributed by atoms with Crippen LogP contribution in [0.25, 0.3) is 0 Å². The summed E-state index contributed by atoms with van der Waals surface area (Å²) in [5, 5.41) is 9.40. The van der Waals surface area contributed by atoms with Gasteiger partial charge < -0.3 is 14.9 Å². The van der Waals surface area contributed by atoms with E-state index in [-0.39, 0.29) is 37.4 Å². The van der Waals surface area contributed by atoms with Gasteiger partial charge >= 0.3 is 5.97 Å². The molecule has 0 aromatic heterocycles. The molecule has 2 rings (SSSR count). The molecule has 23 heavy (non-hydrogen) atoms. The van der Waals surface area contributed by atoms with Gasteiger partial charge in [-0.25, -0.2) is 0 Å². The van der Waals surface area contributed by atoms with Crippen LogP contribution in [0.3, 0.4) is 0 Å². The van der Waals surface area contributed by atoms with Crippen LogP contribution in [-0.4, -0.2) is 46.9 Å². The van der Waals surface area contributed by atoms with Crippen LogP contribution in [0.2, 0.25) is 5.02 Å². The van der Waals surface area contributed by atoms with E-state index < -0.39 is 11.9 Å². The topological polar surface area (TPSA) is 77.9 Å². The van der Waals surface area contributed by atoms with Crippen LogP contribution in [0.5, 0.6) is 0 Å². The number of halogens is 1. The van der Waals surface area contributed by atoms with Crippen LogP contribution in [0.4, 0.5) is 5.69 Å². The molecule has 1 aliphatic rings. The van der Waals surface area contributed by atoms with Crippen LogP contribution in [-0.2, 0) is 14.4 Å². The summed E-state index contributed by atoms with van der Waals surface area (Å²) in [7, 11) is 0. The first-order valence-corrected chi connectivity index (χ1v) is 7.76. The third-order valence-corrected chi connectivity index (χ3v) is 4.15. The average molecular weight is 339 g/mol. The summed E-state index contributed by atoms with van der Waals surface area (Å²) in [5.74, 6) is -2.12. The molecule has 0 bridgehead atoms. The summed E-state index contributed by atoms with van der Waals surface area (Å²) >= 11 is 6.11. The minimum Gasteiger partial charge on any atom is -0.480 e. The Kier molecular flexibility index (Phi) is 5.26. The molecule has 1 unspecified atom stereocenters. The van der Waals surface area contributed by atoms with Crippen LogP contribution in [0, 0.1) is 5.92 Å². The molecule has 1 fully saturated rings. The third kappa shape index (κ3) is 3.82. The molecule has 1 heterocycles. The molecule has 0 saturated carbocycles. The standard InChI is InChI=1S/C16H19ClN2O4/c1-10(2)18(9-15(21)22)16(23)11-7-14(20)19(8-11)13-6-4-3-5-12(13)17/h3-6,10-11H,7-9H2,1-2H3,(H,21,22). The molecule has 0 aliphatic carbocycles. The van der Waals surface area contributed by atoms with Crippen molar-refractivity contribution in [3.63, 3.8) is 0 Å². The van der Waals surface area contributed by atoms with E-state index in [1.54, 1.807) is 38.1 Å². The number of rotatable bonds is 5. The maximum Gasteiger partial charge on any atom is 0.323 e. The van der Waals surface area contributed by atoms with Crippen molar-refractivity contribution in [1.29, 1.82) is 0 Å². The molecule has 1 atom stereocenters. The molecular weight excluding hydrogens is 320 g/mol. The summed E-state index contributed by atoms with van der Waals surface area (Å²) in [6.07, 6.45) is 0.0624. The first kappa shape index (κ1) is 17.3. The van der Waals surface area contributed by atoms with Gasteiger partial charge in [0.15, 0.2) is 0 Å². The first-order valence-electron chi connectivity index (χ1n) is 7.38. The van der Waals surface area contributed by atoms with Gasteiger partial charge in [0.05, 0.1) is 16.6 Å². The number of hydrogen-bond donors (Lipinski definition) is 1. The Morgan fingerprint density at radius 2 is 2.04 bits per heavy atom. The molecule has 124 valence electrons. The molecule has 0 spiro atoms. The van der Waals surface area contributed by atoms with Gasteiger partial charge in [0.1, 0.15) is 6.54 Å². The van der Waals surface area contributed by atoms with E-state index >= 15 is 0 Å². The van der Waals surface area contributed by atoms with E-state index in [4.69, 9.17) is 16.7 Å². The molecule has 1 aromatic carbocycles. The van der Waals surface area contributed by atoms with E-state index in [0.29, 0.717) is 10.7 Å². The molecule has 1 aromatic rings. The minimum atomic E-state index is -1.07. The Morgan fingerprint density at radius 1 is 1.39 bits per heavy atom. The SMILES string of the molecule is CC(C)N(CC(=O)O)C(=O)C1CC(=O)N(c2ccccc2Cl)C1. The van der Waals surface area contributed by atoms with Crippen molar-refractivity contribution >= 4 is 35.1 Å². The average Bonchev–Trinajstić information content (AvgIpc) is 2.86. The van der Waals surface area contributed by atoms with Gasteiger partial charge in [-0.3, -0.25) is 14.4 Å². The lowest BCUT2D eigenvalue weighted by Crippen LogP contribution is -2.44. The number of para-hydroxylation sites is 1. The number of benzene rings is 1. The first-order chi connectivity index (χ1) is 10.8. The van der Waals surface area contributed by atoms with Gasteiger partial charge in [0.25, 0.3) is 0 Å². The predicted octanol–water partition coefficient (Wildman–Crippen LogP) is 2.01. The van der Waals surface area contributed by atoms with Crippen molar-refractivity contribution in [1.82, 2.24) is 4.90 Å². The second-order valence-corrected chi connectivity index (χ2v) is 6.22. The minimum absolute atomic E-state index is 0.0624. The fourth-order valence-corrected chi connectivity index (χ4v) is 2.91. The maximum absolute atomic E-state index is 12.6. The van der Waals surface area contributed by atoms with Gasteiger partial charge in [-0.2, -0.15) is 0 Å². The highest BCUT2D eigenvalue weighted by Gasteiger charge is 2.38. The largest absolute Gasteiger partial charge is 0.480 e. The van der Waals surface area contributed by atoms with Gasteiger partial charge in [-0.05, 0) is 26.0 Å². The third-order valence-electron chi connectivity index (χ3n) is 3.83. The fraction of sp³-hybridized carbons (Fsp3) is 0.438. The molecule has 2 amide bonds. The van der Waals surface area contributed by atoms with Crippen molar-refractivity contribution < 1.29 is 19.5 Å². The Hall–Kier alpha value is -2.08. The van der Waals surface area contributed by atoms with E-state index in [1.165, 1.54) is 9.80 Å². The second kappa shape index (κ2) is 7.00. The highest BCUT2D eigenvalue weighted by molar-refractivity contribution is 6.33. The monoisotopic (exact) mass is 338 g/mol. The quantitative estimate of drug-likeness (QED) is 0.891. The summed E-state index contributed by atoms with van der Waals surface area (Å²) in [5.41, 5.74) is 0.573. The highest BCUT2D eigenvalue weighted by atomic mass is 35.5. The molecule has 1 saturated heterocycles. The lowest BCUT2D eigenvalue weighted by Gasteiger charge is -2.27. The van der Waals surface area contributed by atoms with E-state index in [0.717, 1.165) is 0 Å². The molecular formula is C16H19ClN2O4. The number of hydrogen-bond acceptors (Lipinski definition) is 3. The normalized spacial score (nSPS) is 17.7. The van der Waals surface area contributed by atoms with Crippen LogP contribution >= 0.6 is 11.6 Å². The Labute approximate surface area is 139 Å². The zero-order chi connectivity index (χ0) is 17.1. The number of anilines is 1. The number of amides is 2. The van der Waals surface area contributed by atoms with Gasteiger partial charge in [0, 0.05) is 19.0 Å². The smallest absolute Gasteiger partial charge is 0.323 e. The number of carboxylic acid groups (broad SMARTS) is 1. The molecule has 1 aliphatic heterocycles. The zero-order valence-corrected chi connectivity index (χ0v) is 13.8. The zero-order valence-electron chi connectivity index (χ0n) is 13.0. The molecule has 6 nitrogen and oxygen atoms in total. The maximum atomic E-state index is 12.6. The van der Waals surface area contributed by atoms with Crippen molar-refractivity contribution in [2.75, 3.05) is 18.0 Å². The van der Waals surface area contributed by atoms with E-state index in [1.807, 2.05) is 0 Å². The molecule has 0 radical (unpaired) electrons. The Bertz CT molecular complexity index is 632. The molecule has 1 N–H and O–H groups in total. The van der Waals surface area contributed by atoms with E-state index in [9.17, 15) is 14.4 Å². The Balaban J connectivity index is 2.17. The number of carboxylic acids is 1. The van der Waals surface area contributed by atoms with Crippen LogP contribution in [0.1, 0.15) is 20.3 Å². The number of aliphatic carboxylic acids is 1. The molecule has 7 heteroatoms. The van der Waals surface area contributed by atoms with Crippen molar-refractivity contribution in [2.24, 2.45) is 5.92 Å². The van der Waals surface area contributed by atoms with Gasteiger partial charge in [-0.15, -0.1) is 0 Å². The number of carbonyl (C=O) groups excluding carboxylic acids is 2. The number of carbonyl (C=O) groups is 3. The second-order valence-electron chi connectivity index (χ2n) is 5.81. The van der Waals surface area contributed by atoms with Gasteiger partial charge in [-0.1, -0.05) is 23.7 Å². The lowest BCUT2D eigenvalue weighted by molar-refractivity contribution is -0.147. The summed E-state index contributed by atoms with van der Waals surface area (Å²) in [6.45, 7) is 3.35. The van der Waals surface area contributed by atoms with Crippen molar-refractivity contribution in [3.05, 3.63) is 29.3 Å². The van der Waals surface area contributed by atoms with Crippen molar-refractivity contribution in [2.45, 2.75) is 26.3 Å². The fourth-order valence-electron chi connectivity index (χ4n) is 2.67. The Morgan fingerprint density at radius 3 is 2.61 bits per heavy atom. The summed E-state index contributed by atoms with van der Waals surface area (Å²) < 4.78 is 0. The summed E-state index contributed by atoms with van der Waals surface area (Å²) in [4.78, 5) is 38.5. The van der Waals surface area contributed by atoms with Crippen LogP contribution < -0.4 is 4.90 Å². The summed E-state index contributed by atoms with van der Waals surface area (Å²) in [6, 6.07) is 6.70. The van der Waals surface area contributed by atoms with E-state index in [2.05, 4.69) is 0 Å². The highest BCUT2D eigenvalue weighted by Crippen LogP contribution is 2.31. The van der Waals surface area contributed by atoms with Crippen molar-refractivity contribution in [3.8, 4) is 0 Å².